The lowest BCUT2D eigenvalue weighted by molar-refractivity contribution is -0.884. The maximum atomic E-state index is 13.4. The summed E-state index contributed by atoms with van der Waals surface area (Å²) in [6, 6.07) is 19.5. The molecular formula is C31H33F3NO3+. The van der Waals surface area contributed by atoms with Crippen molar-refractivity contribution < 1.29 is 32.3 Å². The standard InChI is InChI=1S/C31H32F3NO3/c1-4-29(25-8-7-9-26(22-25)31(32,33)34)30(23-10-14-27(37)15-11-23)24-12-16-28(17-13-24)38-21-19-35(2,3)18-5-6-20-36/h5-17,20,22H,4,18-19,21H2,1-3H3/p+1/b6-5+,30-29-. The third kappa shape index (κ3) is 7.83. The number of phenols is 1. The van der Waals surface area contributed by atoms with E-state index in [2.05, 4.69) is 14.1 Å². The molecule has 0 aliphatic rings. The molecule has 4 nitrogen and oxygen atoms in total. The van der Waals surface area contributed by atoms with Gasteiger partial charge in [-0.3, -0.25) is 4.79 Å². The minimum Gasteiger partial charge on any atom is -0.508 e. The summed E-state index contributed by atoms with van der Waals surface area (Å²) in [5.41, 5.74) is 2.96. The molecule has 0 radical (unpaired) electrons. The number of carbonyl (C=O) groups excluding carboxylic acids is 1. The number of aromatic hydroxyl groups is 1. The Labute approximate surface area is 221 Å². The van der Waals surface area contributed by atoms with Gasteiger partial charge in [0.05, 0.1) is 26.2 Å². The number of quaternary nitrogens is 1. The molecule has 3 rings (SSSR count). The quantitative estimate of drug-likeness (QED) is 0.127. The van der Waals surface area contributed by atoms with E-state index in [4.69, 9.17) is 4.74 Å². The highest BCUT2D eigenvalue weighted by atomic mass is 19.4. The molecule has 0 saturated carbocycles. The summed E-state index contributed by atoms with van der Waals surface area (Å²) >= 11 is 0. The van der Waals surface area contributed by atoms with Gasteiger partial charge in [-0.15, -0.1) is 0 Å². The molecule has 0 unspecified atom stereocenters. The molecule has 3 aromatic carbocycles. The largest absolute Gasteiger partial charge is 0.508 e. The molecule has 0 spiro atoms. The molecule has 0 aromatic heterocycles. The molecule has 0 aliphatic carbocycles. The van der Waals surface area contributed by atoms with E-state index in [9.17, 15) is 23.1 Å². The first-order valence-corrected chi connectivity index (χ1v) is 12.4. The van der Waals surface area contributed by atoms with E-state index in [0.29, 0.717) is 35.4 Å². The summed E-state index contributed by atoms with van der Waals surface area (Å²) in [6.45, 7) is 3.83. The Morgan fingerprint density at radius 3 is 2.16 bits per heavy atom. The fraction of sp³-hybridized carbons (Fsp3) is 0.258. The highest BCUT2D eigenvalue weighted by Gasteiger charge is 2.30. The molecular weight excluding hydrogens is 491 g/mol. The molecule has 3 aromatic rings. The van der Waals surface area contributed by atoms with Gasteiger partial charge in [-0.1, -0.05) is 43.3 Å². The number of ether oxygens (including phenoxy) is 1. The maximum absolute atomic E-state index is 13.4. The average molecular weight is 525 g/mol. The fourth-order valence-corrected chi connectivity index (χ4v) is 4.17. The van der Waals surface area contributed by atoms with E-state index >= 15 is 0 Å². The van der Waals surface area contributed by atoms with Crippen LogP contribution in [0.2, 0.25) is 0 Å². The number of nitrogens with zero attached hydrogens (tertiary/aromatic N) is 1. The van der Waals surface area contributed by atoms with Gasteiger partial charge in [0.15, 0.2) is 0 Å². The number of halogens is 3. The van der Waals surface area contributed by atoms with Crippen molar-refractivity contribution >= 4 is 17.4 Å². The third-order valence-electron chi connectivity index (χ3n) is 6.27. The molecule has 0 bridgehead atoms. The number of rotatable bonds is 11. The highest BCUT2D eigenvalue weighted by Crippen LogP contribution is 2.38. The number of alkyl halides is 3. The summed E-state index contributed by atoms with van der Waals surface area (Å²) in [6.07, 6.45) is 0.138. The summed E-state index contributed by atoms with van der Waals surface area (Å²) in [7, 11) is 4.10. The van der Waals surface area contributed by atoms with E-state index in [-0.39, 0.29) is 5.75 Å². The second-order valence-electron chi connectivity index (χ2n) is 9.61. The Kier molecular flexibility index (Phi) is 9.53. The smallest absolute Gasteiger partial charge is 0.416 e. The van der Waals surface area contributed by atoms with Crippen LogP contribution in [0.25, 0.3) is 11.1 Å². The zero-order valence-corrected chi connectivity index (χ0v) is 21.8. The Balaban J connectivity index is 1.94. The minimum atomic E-state index is -4.44. The number of carbonyl (C=O) groups is 1. The van der Waals surface area contributed by atoms with Crippen molar-refractivity contribution in [3.8, 4) is 11.5 Å². The second-order valence-corrected chi connectivity index (χ2v) is 9.61. The highest BCUT2D eigenvalue weighted by molar-refractivity contribution is 5.98. The molecule has 38 heavy (non-hydrogen) atoms. The lowest BCUT2D eigenvalue weighted by Gasteiger charge is -2.28. The molecule has 0 fully saturated rings. The van der Waals surface area contributed by atoms with Gasteiger partial charge >= 0.3 is 6.18 Å². The Hall–Kier alpha value is -3.84. The van der Waals surface area contributed by atoms with Gasteiger partial charge in [0.1, 0.15) is 30.9 Å². The number of hydrogen-bond acceptors (Lipinski definition) is 3. The topological polar surface area (TPSA) is 46.5 Å². The Morgan fingerprint density at radius 1 is 0.947 bits per heavy atom. The van der Waals surface area contributed by atoms with Crippen LogP contribution in [0.15, 0.2) is 84.9 Å². The number of hydrogen-bond donors (Lipinski definition) is 1. The summed E-state index contributed by atoms with van der Waals surface area (Å²) in [5, 5.41) is 9.81. The Bertz CT molecular complexity index is 1270. The monoisotopic (exact) mass is 524 g/mol. The third-order valence-corrected chi connectivity index (χ3v) is 6.27. The fourth-order valence-electron chi connectivity index (χ4n) is 4.17. The van der Waals surface area contributed by atoms with Crippen LogP contribution in [0.4, 0.5) is 13.2 Å². The molecule has 7 heteroatoms. The van der Waals surface area contributed by atoms with E-state index in [1.165, 1.54) is 18.2 Å². The second kappa shape index (κ2) is 12.6. The van der Waals surface area contributed by atoms with Gasteiger partial charge in [0.2, 0.25) is 0 Å². The number of phenolic OH excluding ortho intramolecular Hbond substituents is 1. The molecule has 1 N–H and O–H groups in total. The van der Waals surface area contributed by atoms with E-state index in [1.807, 2.05) is 37.3 Å². The number of likely N-dealkylation sites (N-methyl/N-ethyl adjacent to an activating group) is 1. The van der Waals surface area contributed by atoms with Crippen molar-refractivity contribution in [3.63, 3.8) is 0 Å². The molecule has 0 aliphatic heterocycles. The van der Waals surface area contributed by atoms with Crippen LogP contribution in [-0.4, -0.2) is 49.7 Å². The van der Waals surface area contributed by atoms with Crippen molar-refractivity contribution in [1.29, 1.82) is 0 Å². The van der Waals surface area contributed by atoms with Crippen molar-refractivity contribution in [2.24, 2.45) is 0 Å². The number of benzene rings is 3. The van der Waals surface area contributed by atoms with Gasteiger partial charge in [0.25, 0.3) is 0 Å². The van der Waals surface area contributed by atoms with Gasteiger partial charge < -0.3 is 14.3 Å². The first-order chi connectivity index (χ1) is 18.0. The predicted molar refractivity (Wildman–Crippen MR) is 145 cm³/mol. The zero-order chi connectivity index (χ0) is 27.8. The zero-order valence-electron chi connectivity index (χ0n) is 21.8. The Morgan fingerprint density at radius 2 is 1.58 bits per heavy atom. The van der Waals surface area contributed by atoms with Crippen molar-refractivity contribution in [2.75, 3.05) is 33.8 Å². The molecule has 200 valence electrons. The van der Waals surface area contributed by atoms with Crippen LogP contribution < -0.4 is 4.74 Å². The van der Waals surface area contributed by atoms with Gasteiger partial charge in [-0.2, -0.15) is 13.2 Å². The minimum absolute atomic E-state index is 0.108. The number of allylic oxidation sites excluding steroid dienone is 2. The summed E-state index contributed by atoms with van der Waals surface area (Å²) in [5.74, 6) is 0.788. The van der Waals surface area contributed by atoms with Gasteiger partial charge in [-0.25, -0.2) is 0 Å². The van der Waals surface area contributed by atoms with Crippen LogP contribution in [0, 0.1) is 0 Å². The SMILES string of the molecule is CC/C(=C(\c1ccc(O)cc1)c1ccc(OCC[N+](C)(C)C/C=C/C=O)cc1)c1cccc(C(F)(F)F)c1. The summed E-state index contributed by atoms with van der Waals surface area (Å²) in [4.78, 5) is 10.5. The van der Waals surface area contributed by atoms with Crippen LogP contribution in [0.3, 0.4) is 0 Å². The molecule has 0 atom stereocenters. The van der Waals surface area contributed by atoms with Crippen molar-refractivity contribution in [3.05, 3.63) is 107 Å². The lowest BCUT2D eigenvalue weighted by Crippen LogP contribution is -2.42. The summed E-state index contributed by atoms with van der Waals surface area (Å²) < 4.78 is 46.9. The van der Waals surface area contributed by atoms with Crippen molar-refractivity contribution in [1.82, 2.24) is 0 Å². The number of aldehydes is 1. The average Bonchev–Trinajstić information content (AvgIpc) is 2.88. The van der Waals surface area contributed by atoms with E-state index in [1.54, 1.807) is 30.3 Å². The van der Waals surface area contributed by atoms with E-state index < -0.39 is 11.7 Å². The van der Waals surface area contributed by atoms with Crippen LogP contribution in [0.1, 0.15) is 35.6 Å². The lowest BCUT2D eigenvalue weighted by atomic mass is 9.87. The van der Waals surface area contributed by atoms with Crippen molar-refractivity contribution in [2.45, 2.75) is 19.5 Å². The van der Waals surface area contributed by atoms with Crippen LogP contribution in [-0.2, 0) is 11.0 Å². The normalized spacial score (nSPS) is 12.9. The maximum Gasteiger partial charge on any atom is 0.416 e. The van der Waals surface area contributed by atoms with Crippen LogP contribution in [0.5, 0.6) is 11.5 Å². The van der Waals surface area contributed by atoms with Gasteiger partial charge in [0, 0.05) is 0 Å². The molecule has 0 saturated heterocycles. The predicted octanol–water partition coefficient (Wildman–Crippen LogP) is 6.99. The van der Waals surface area contributed by atoms with Gasteiger partial charge in [-0.05, 0) is 82.8 Å². The molecule has 0 amide bonds. The first kappa shape index (κ1) is 28.7. The van der Waals surface area contributed by atoms with E-state index in [0.717, 1.165) is 41.2 Å². The van der Waals surface area contributed by atoms with Crippen LogP contribution >= 0.6 is 0 Å². The first-order valence-electron chi connectivity index (χ1n) is 12.4. The molecule has 0 heterocycles.